The molecule has 1 amide bonds. The number of carbonyl (C=O) groups excluding carboxylic acids is 3. The van der Waals surface area contributed by atoms with Crippen LogP contribution >= 0.6 is 0 Å². The molecular weight excluding hydrogens is 682 g/mol. The molecule has 3 unspecified atom stereocenters. The number of alkyl carbamates (subject to hydrolysis) is 1. The summed E-state index contributed by atoms with van der Waals surface area (Å²) in [5.74, 6) is -3.21. The number of carbonyl (C=O) groups is 3. The second kappa shape index (κ2) is 18.0. The van der Waals surface area contributed by atoms with Crippen LogP contribution in [-0.2, 0) is 39.8 Å². The molecule has 14 nitrogen and oxygen atoms in total. The highest BCUT2D eigenvalue weighted by Gasteiger charge is 2.55. The molecule has 14 heteroatoms. The maximum absolute atomic E-state index is 14.3. The largest absolute Gasteiger partial charge is 0.458 e. The van der Waals surface area contributed by atoms with Crippen molar-refractivity contribution >= 4 is 17.8 Å². The quantitative estimate of drug-likeness (QED) is 0.215. The molecular formula is C39H61N5O9. The van der Waals surface area contributed by atoms with E-state index in [4.69, 9.17) is 28.9 Å². The van der Waals surface area contributed by atoms with Crippen molar-refractivity contribution in [3.05, 3.63) is 35.4 Å². The zero-order chi connectivity index (χ0) is 39.2. The molecule has 13 atom stereocenters. The van der Waals surface area contributed by atoms with E-state index in [1.165, 1.54) is 6.92 Å². The lowest BCUT2D eigenvalue weighted by atomic mass is 9.78. The first-order valence-electron chi connectivity index (χ1n) is 18.8. The number of esters is 1. The molecule has 3 aliphatic heterocycles. The number of cyclic esters (lactones) is 1. The third kappa shape index (κ3) is 9.75. The van der Waals surface area contributed by atoms with E-state index in [-0.39, 0.29) is 24.1 Å². The highest BCUT2D eigenvalue weighted by atomic mass is 16.7. The number of likely N-dealkylation sites (N-methyl/N-ethyl adjacent to an activating group) is 1. The van der Waals surface area contributed by atoms with E-state index in [0.717, 1.165) is 5.56 Å². The molecule has 0 spiro atoms. The Labute approximate surface area is 314 Å². The molecule has 3 heterocycles. The van der Waals surface area contributed by atoms with Crippen molar-refractivity contribution in [3.8, 4) is 6.07 Å². The van der Waals surface area contributed by atoms with Gasteiger partial charge in [0.1, 0.15) is 18.1 Å². The van der Waals surface area contributed by atoms with Crippen LogP contribution in [0.3, 0.4) is 0 Å². The summed E-state index contributed by atoms with van der Waals surface area (Å²) in [7, 11) is 5.36. The molecule has 0 aromatic heterocycles. The standard InChI is InChI=1S/C39H61N5O9/c1-11-30-39(7)33(43-37(48)53-39)25(5)42-19-22(2)17-38(6,49-10)34(23(3)31(45)24(4)35(47)51-30)52-36-32(46)29(44(8)9)16-28(50-36)21-41-20-27-14-12-26(18-40)13-15-27/h12-15,22-25,28-30,32-34,36,41-42,46H,11,16-17,19-21H2,1-10H3,(H,43,48)/t22-,23+,24?,25-,28+,29?,30+,32?,33-,34-,36+,38-,39-/m1/s1. The lowest BCUT2D eigenvalue weighted by molar-refractivity contribution is -0.297. The predicted octanol–water partition coefficient (Wildman–Crippen LogP) is 2.89. The van der Waals surface area contributed by atoms with Crippen LogP contribution in [0.1, 0.15) is 78.9 Å². The Morgan fingerprint density at radius 2 is 1.79 bits per heavy atom. The van der Waals surface area contributed by atoms with Crippen LogP contribution in [0.5, 0.6) is 0 Å². The van der Waals surface area contributed by atoms with Gasteiger partial charge in [0, 0.05) is 38.2 Å². The number of hydrogen-bond donors (Lipinski definition) is 4. The molecule has 1 aromatic rings. The molecule has 0 aliphatic carbocycles. The number of fused-ring (bicyclic) bond motifs is 1. The van der Waals surface area contributed by atoms with Gasteiger partial charge in [0.2, 0.25) is 0 Å². The van der Waals surface area contributed by atoms with E-state index in [1.807, 2.05) is 51.9 Å². The normalized spacial score (nSPS) is 38.8. The van der Waals surface area contributed by atoms with Crippen LogP contribution < -0.4 is 16.0 Å². The Balaban J connectivity index is 1.62. The van der Waals surface area contributed by atoms with Gasteiger partial charge in [-0.3, -0.25) is 9.59 Å². The number of amides is 1. The number of nitrogens with one attached hydrogen (secondary N) is 3. The van der Waals surface area contributed by atoms with Gasteiger partial charge in [0.25, 0.3) is 0 Å². The molecule has 0 saturated carbocycles. The minimum Gasteiger partial charge on any atom is -0.458 e. The van der Waals surface area contributed by atoms with E-state index < -0.39 is 71.5 Å². The lowest BCUT2D eigenvalue weighted by Gasteiger charge is -2.47. The van der Waals surface area contributed by atoms with Gasteiger partial charge in [-0.15, -0.1) is 0 Å². The second-order valence-corrected chi connectivity index (χ2v) is 15.8. The number of ketones is 1. The summed E-state index contributed by atoms with van der Waals surface area (Å²) >= 11 is 0. The van der Waals surface area contributed by atoms with E-state index in [1.54, 1.807) is 33.1 Å². The topological polar surface area (TPSA) is 181 Å². The lowest BCUT2D eigenvalue weighted by Crippen LogP contribution is -2.60. The molecule has 296 valence electrons. The third-order valence-electron chi connectivity index (χ3n) is 11.5. The Morgan fingerprint density at radius 3 is 2.40 bits per heavy atom. The number of methoxy groups -OCH3 is 1. The number of benzene rings is 1. The molecule has 53 heavy (non-hydrogen) atoms. The fourth-order valence-corrected chi connectivity index (χ4v) is 8.23. The van der Waals surface area contributed by atoms with Gasteiger partial charge in [-0.1, -0.05) is 32.9 Å². The van der Waals surface area contributed by atoms with Crippen LogP contribution in [0, 0.1) is 29.1 Å². The van der Waals surface area contributed by atoms with Crippen LogP contribution in [0.25, 0.3) is 0 Å². The Hall–Kier alpha value is -3.16. The maximum Gasteiger partial charge on any atom is 0.408 e. The number of nitriles is 1. The molecule has 3 fully saturated rings. The maximum atomic E-state index is 14.3. The number of nitrogens with zero attached hydrogens (tertiary/aromatic N) is 2. The van der Waals surface area contributed by atoms with Gasteiger partial charge in [-0.05, 0) is 91.2 Å². The molecule has 4 rings (SSSR count). The van der Waals surface area contributed by atoms with Gasteiger partial charge in [0.05, 0.1) is 35.5 Å². The van der Waals surface area contributed by atoms with Gasteiger partial charge in [-0.2, -0.15) is 5.26 Å². The predicted molar refractivity (Wildman–Crippen MR) is 196 cm³/mol. The van der Waals surface area contributed by atoms with Crippen LogP contribution in [-0.4, -0.2) is 122 Å². The van der Waals surface area contributed by atoms with Crippen molar-refractivity contribution in [2.75, 3.05) is 34.3 Å². The molecule has 0 bridgehead atoms. The summed E-state index contributed by atoms with van der Waals surface area (Å²) in [6.07, 6.45) is -3.52. The van der Waals surface area contributed by atoms with E-state index in [2.05, 4.69) is 28.9 Å². The summed E-state index contributed by atoms with van der Waals surface area (Å²) in [6.45, 7) is 14.3. The Morgan fingerprint density at radius 1 is 1.11 bits per heavy atom. The minimum absolute atomic E-state index is 0.00613. The van der Waals surface area contributed by atoms with Crippen molar-refractivity contribution in [2.45, 2.75) is 134 Å². The number of aliphatic hydroxyl groups is 1. The fourth-order valence-electron chi connectivity index (χ4n) is 8.23. The molecule has 1 aromatic carbocycles. The van der Waals surface area contributed by atoms with Crippen molar-refractivity contribution in [3.63, 3.8) is 0 Å². The van der Waals surface area contributed by atoms with Crippen LogP contribution in [0.4, 0.5) is 4.79 Å². The van der Waals surface area contributed by atoms with Crippen molar-refractivity contribution in [1.82, 2.24) is 20.9 Å². The van der Waals surface area contributed by atoms with Crippen molar-refractivity contribution in [1.29, 1.82) is 5.26 Å². The fraction of sp³-hybridized carbons (Fsp3) is 0.744. The van der Waals surface area contributed by atoms with Gasteiger partial charge >= 0.3 is 12.1 Å². The highest BCUT2D eigenvalue weighted by molar-refractivity contribution is 6.00. The first-order valence-corrected chi connectivity index (χ1v) is 18.8. The summed E-state index contributed by atoms with van der Waals surface area (Å²) in [5.41, 5.74) is -0.634. The van der Waals surface area contributed by atoms with Gasteiger partial charge in [-0.25, -0.2) is 4.79 Å². The second-order valence-electron chi connectivity index (χ2n) is 15.8. The first kappa shape index (κ1) is 42.6. The number of Topliss-reactive ketones (excluding diaryl/α,β-unsaturated/α-hetero) is 1. The zero-order valence-corrected chi connectivity index (χ0v) is 33.0. The molecule has 4 N–H and O–H groups in total. The SMILES string of the molecule is CC[C@@H]1OC(=O)C(C)C(=O)[C@H](C)[C@@H](O[C@@H]2O[C@H](CNCc3ccc(C#N)cc3)CC(N(C)C)C2O)[C@](C)(OC)C[C@@H](C)CN[C@H](C)[C@H]2NC(=O)O[C@]12C. The van der Waals surface area contributed by atoms with Gasteiger partial charge in [0.15, 0.2) is 17.7 Å². The Kier molecular flexibility index (Phi) is 14.4. The Bertz CT molecular complexity index is 1460. The number of rotatable bonds is 9. The van der Waals surface area contributed by atoms with Crippen LogP contribution in [0.15, 0.2) is 24.3 Å². The van der Waals surface area contributed by atoms with E-state index in [0.29, 0.717) is 44.5 Å². The van der Waals surface area contributed by atoms with Crippen LogP contribution in [0.2, 0.25) is 0 Å². The number of hydrogen-bond acceptors (Lipinski definition) is 13. The molecule has 0 radical (unpaired) electrons. The summed E-state index contributed by atoms with van der Waals surface area (Å²) in [5, 5.41) is 30.7. The zero-order valence-electron chi connectivity index (χ0n) is 33.0. The summed E-state index contributed by atoms with van der Waals surface area (Å²) in [4.78, 5) is 42.5. The minimum atomic E-state index is -1.18. The average Bonchev–Trinajstić information content (AvgIpc) is 3.45. The van der Waals surface area contributed by atoms with Gasteiger partial charge < -0.3 is 49.6 Å². The first-order chi connectivity index (χ1) is 25.0. The molecule has 3 aliphatic rings. The monoisotopic (exact) mass is 743 g/mol. The van der Waals surface area contributed by atoms with Crippen molar-refractivity contribution < 1.29 is 43.2 Å². The summed E-state index contributed by atoms with van der Waals surface area (Å²) < 4.78 is 31.2. The molecule has 3 saturated heterocycles. The van der Waals surface area contributed by atoms with Crippen molar-refractivity contribution in [2.24, 2.45) is 17.8 Å². The number of aliphatic hydroxyl groups excluding tert-OH is 1. The summed E-state index contributed by atoms with van der Waals surface area (Å²) in [6, 6.07) is 8.40. The third-order valence-corrected chi connectivity index (χ3v) is 11.5. The van der Waals surface area contributed by atoms with E-state index >= 15 is 0 Å². The number of ether oxygens (including phenoxy) is 5. The highest BCUT2D eigenvalue weighted by Crippen LogP contribution is 2.37. The smallest absolute Gasteiger partial charge is 0.408 e. The average molecular weight is 744 g/mol. The van der Waals surface area contributed by atoms with E-state index in [9.17, 15) is 19.5 Å².